The average molecular weight is 296 g/mol. The maximum absolute atomic E-state index is 4.10. The van der Waals surface area contributed by atoms with Gasteiger partial charge >= 0.3 is 0 Å². The molecular weight excluding hydrogens is 280 g/mol. The molecule has 1 heterocycles. The van der Waals surface area contributed by atoms with E-state index in [-0.39, 0.29) is 0 Å². The molecule has 0 aliphatic heterocycles. The van der Waals surface area contributed by atoms with E-state index in [4.69, 9.17) is 0 Å². The van der Waals surface area contributed by atoms with Crippen molar-refractivity contribution in [3.63, 3.8) is 0 Å². The lowest BCUT2D eigenvalue weighted by Gasteiger charge is -2.16. The number of benzene rings is 2. The Hall–Kier alpha value is -2.87. The Morgan fingerprint density at radius 2 is 1.70 bits per heavy atom. The van der Waals surface area contributed by atoms with E-state index in [1.165, 1.54) is 37.6 Å². The SMILES string of the molecule is C1=CC(c2ccn[nH]2)=c2ccc3c(c2C1)CC=c1ccccc1=3. The maximum atomic E-state index is 4.10. The zero-order chi connectivity index (χ0) is 15.2. The highest BCUT2D eigenvalue weighted by Gasteiger charge is 2.14. The lowest BCUT2D eigenvalue weighted by molar-refractivity contribution is 1.06. The minimum atomic E-state index is 1.01. The van der Waals surface area contributed by atoms with Gasteiger partial charge in [-0.15, -0.1) is 0 Å². The fourth-order valence-electron chi connectivity index (χ4n) is 3.82. The summed E-state index contributed by atoms with van der Waals surface area (Å²) in [6.07, 6.45) is 10.7. The van der Waals surface area contributed by atoms with E-state index < -0.39 is 0 Å². The van der Waals surface area contributed by atoms with Gasteiger partial charge in [0.1, 0.15) is 0 Å². The summed E-state index contributed by atoms with van der Waals surface area (Å²) in [5.74, 6) is 0. The van der Waals surface area contributed by atoms with Crippen molar-refractivity contribution >= 4 is 11.6 Å². The molecule has 2 aromatic carbocycles. The number of nitrogens with zero attached hydrogens (tertiary/aromatic N) is 1. The fourth-order valence-corrected chi connectivity index (χ4v) is 3.82. The van der Waals surface area contributed by atoms with Crippen LogP contribution in [0.15, 0.2) is 60.8 Å². The molecule has 110 valence electrons. The zero-order valence-corrected chi connectivity index (χ0v) is 12.7. The maximum Gasteiger partial charge on any atom is 0.0656 e. The molecule has 3 aromatic rings. The average Bonchev–Trinajstić information content (AvgIpc) is 3.15. The first-order valence-corrected chi connectivity index (χ1v) is 8.03. The third-order valence-electron chi connectivity index (χ3n) is 4.90. The van der Waals surface area contributed by atoms with Gasteiger partial charge in [0.2, 0.25) is 0 Å². The van der Waals surface area contributed by atoms with E-state index >= 15 is 0 Å². The van der Waals surface area contributed by atoms with Crippen molar-refractivity contribution in [2.45, 2.75) is 12.8 Å². The van der Waals surface area contributed by atoms with Gasteiger partial charge < -0.3 is 0 Å². The molecule has 0 amide bonds. The van der Waals surface area contributed by atoms with Crippen LogP contribution in [0.5, 0.6) is 0 Å². The molecule has 2 aliphatic rings. The lowest BCUT2D eigenvalue weighted by atomic mass is 9.88. The molecule has 0 bridgehead atoms. The van der Waals surface area contributed by atoms with E-state index in [0.29, 0.717) is 0 Å². The molecule has 2 aliphatic carbocycles. The number of fused-ring (bicyclic) bond motifs is 4. The summed E-state index contributed by atoms with van der Waals surface area (Å²) in [5, 5.41) is 12.6. The Morgan fingerprint density at radius 1 is 0.826 bits per heavy atom. The van der Waals surface area contributed by atoms with Crippen molar-refractivity contribution in [1.82, 2.24) is 10.2 Å². The number of nitrogens with one attached hydrogen (secondary N) is 1. The van der Waals surface area contributed by atoms with Gasteiger partial charge in [0.15, 0.2) is 0 Å². The van der Waals surface area contributed by atoms with Crippen LogP contribution in [0.25, 0.3) is 11.6 Å². The molecule has 0 spiro atoms. The summed E-state index contributed by atoms with van der Waals surface area (Å²) in [4.78, 5) is 0. The minimum Gasteiger partial charge on any atom is -0.278 e. The molecule has 2 heteroatoms. The van der Waals surface area contributed by atoms with Crippen molar-refractivity contribution in [3.8, 4) is 0 Å². The second kappa shape index (κ2) is 4.82. The van der Waals surface area contributed by atoms with Crippen LogP contribution in [-0.2, 0) is 12.8 Å². The largest absolute Gasteiger partial charge is 0.278 e. The molecule has 5 rings (SSSR count). The molecule has 0 fully saturated rings. The summed E-state index contributed by atoms with van der Waals surface area (Å²) < 4.78 is 0. The second-order valence-electron chi connectivity index (χ2n) is 6.10. The van der Waals surface area contributed by atoms with Crippen LogP contribution in [-0.4, -0.2) is 10.2 Å². The molecule has 23 heavy (non-hydrogen) atoms. The third-order valence-corrected chi connectivity index (χ3v) is 4.90. The molecule has 1 N–H and O–H groups in total. The summed E-state index contributed by atoms with van der Waals surface area (Å²) in [5.41, 5.74) is 5.26. The number of aromatic amines is 1. The van der Waals surface area contributed by atoms with Crippen LogP contribution >= 0.6 is 0 Å². The van der Waals surface area contributed by atoms with E-state index in [2.05, 4.69) is 64.8 Å². The minimum absolute atomic E-state index is 1.01. The Kier molecular flexibility index (Phi) is 2.65. The molecule has 0 atom stereocenters. The molecule has 2 nitrogen and oxygen atoms in total. The highest BCUT2D eigenvalue weighted by atomic mass is 15.1. The van der Waals surface area contributed by atoms with E-state index in [1.54, 1.807) is 0 Å². The van der Waals surface area contributed by atoms with E-state index in [1.807, 2.05) is 12.3 Å². The van der Waals surface area contributed by atoms with E-state index in [0.717, 1.165) is 18.5 Å². The van der Waals surface area contributed by atoms with Gasteiger partial charge in [0.05, 0.1) is 5.69 Å². The van der Waals surface area contributed by atoms with Crippen LogP contribution in [0.2, 0.25) is 0 Å². The highest BCUT2D eigenvalue weighted by Crippen LogP contribution is 2.20. The Morgan fingerprint density at radius 3 is 2.61 bits per heavy atom. The monoisotopic (exact) mass is 296 g/mol. The first-order chi connectivity index (χ1) is 11.4. The highest BCUT2D eigenvalue weighted by molar-refractivity contribution is 5.74. The van der Waals surface area contributed by atoms with Gasteiger partial charge in [-0.25, -0.2) is 0 Å². The van der Waals surface area contributed by atoms with Crippen molar-refractivity contribution in [2.75, 3.05) is 0 Å². The number of aromatic nitrogens is 2. The number of rotatable bonds is 1. The second-order valence-corrected chi connectivity index (χ2v) is 6.10. The smallest absolute Gasteiger partial charge is 0.0656 e. The Labute approximate surface area is 133 Å². The Balaban J connectivity index is 1.94. The van der Waals surface area contributed by atoms with Gasteiger partial charge in [-0.05, 0) is 50.9 Å². The van der Waals surface area contributed by atoms with Crippen molar-refractivity contribution in [2.24, 2.45) is 0 Å². The lowest BCUT2D eigenvalue weighted by Crippen LogP contribution is -2.21. The first kappa shape index (κ1) is 12.7. The number of H-pyrrole nitrogens is 1. The topological polar surface area (TPSA) is 28.7 Å². The summed E-state index contributed by atoms with van der Waals surface area (Å²) >= 11 is 0. The predicted molar refractivity (Wildman–Crippen MR) is 91.9 cm³/mol. The standard InChI is InChI=1S/C21H16N2/c1-2-5-15-14(4-1)8-9-18-16-6-3-7-20(21-12-13-22-23-21)19(16)11-10-17(15)18/h1-5,7-8,10-13H,6,9H2,(H,22,23). The van der Waals surface area contributed by atoms with Gasteiger partial charge in [0, 0.05) is 11.8 Å². The van der Waals surface area contributed by atoms with Crippen molar-refractivity contribution in [3.05, 3.63) is 98.5 Å². The molecule has 0 saturated carbocycles. The van der Waals surface area contributed by atoms with Crippen molar-refractivity contribution in [1.29, 1.82) is 0 Å². The molecule has 0 radical (unpaired) electrons. The molecule has 0 unspecified atom stereocenters. The van der Waals surface area contributed by atoms with Gasteiger partial charge in [-0.1, -0.05) is 54.6 Å². The van der Waals surface area contributed by atoms with Crippen LogP contribution in [0.1, 0.15) is 16.8 Å². The normalized spacial score (nSPS) is 14.7. The van der Waals surface area contributed by atoms with Crippen LogP contribution in [0.4, 0.5) is 0 Å². The summed E-state index contributed by atoms with van der Waals surface area (Å²) in [7, 11) is 0. The number of hydrogen-bond acceptors (Lipinski definition) is 1. The third kappa shape index (κ3) is 1.85. The van der Waals surface area contributed by atoms with Gasteiger partial charge in [0.25, 0.3) is 0 Å². The van der Waals surface area contributed by atoms with Crippen LogP contribution < -0.4 is 10.4 Å². The predicted octanol–water partition coefficient (Wildman–Crippen LogP) is 2.34. The number of allylic oxidation sites excluding steroid dienone is 2. The van der Waals surface area contributed by atoms with E-state index in [9.17, 15) is 0 Å². The molecule has 1 aromatic heterocycles. The quantitative estimate of drug-likeness (QED) is 0.733. The fraction of sp³-hybridized carbons (Fsp3) is 0.0952. The Bertz CT molecular complexity index is 1150. The van der Waals surface area contributed by atoms with Gasteiger partial charge in [-0.2, -0.15) is 5.10 Å². The van der Waals surface area contributed by atoms with Crippen LogP contribution in [0, 0.1) is 10.4 Å². The number of hydrogen-bond donors (Lipinski definition) is 1. The summed E-state index contributed by atoms with van der Waals surface area (Å²) in [6, 6.07) is 15.3. The van der Waals surface area contributed by atoms with Gasteiger partial charge in [-0.3, -0.25) is 5.10 Å². The molecule has 0 saturated heterocycles. The first-order valence-electron chi connectivity index (χ1n) is 8.03. The zero-order valence-electron chi connectivity index (χ0n) is 12.7. The molecular formula is C21H16N2. The van der Waals surface area contributed by atoms with Crippen LogP contribution in [0.3, 0.4) is 0 Å². The van der Waals surface area contributed by atoms with Crippen molar-refractivity contribution < 1.29 is 0 Å². The summed E-state index contributed by atoms with van der Waals surface area (Å²) in [6.45, 7) is 0.